The molecule has 2 atom stereocenters. The van der Waals surface area contributed by atoms with Crippen LogP contribution in [0.15, 0.2) is 24.3 Å². The SMILES string of the molecule is CNC1CCC(C)(C)CC1Oc1cccc(N(C)C)c1. The summed E-state index contributed by atoms with van der Waals surface area (Å²) in [6, 6.07) is 8.79. The molecule has 20 heavy (non-hydrogen) atoms. The van der Waals surface area contributed by atoms with Crippen molar-refractivity contribution in [2.45, 2.75) is 45.3 Å². The summed E-state index contributed by atoms with van der Waals surface area (Å²) in [5.74, 6) is 0.971. The van der Waals surface area contributed by atoms with E-state index in [4.69, 9.17) is 4.74 Å². The zero-order chi connectivity index (χ0) is 14.8. The van der Waals surface area contributed by atoms with Crippen LogP contribution < -0.4 is 15.0 Å². The Morgan fingerprint density at radius 3 is 2.70 bits per heavy atom. The maximum absolute atomic E-state index is 6.30. The third kappa shape index (κ3) is 3.66. The summed E-state index contributed by atoms with van der Waals surface area (Å²) < 4.78 is 6.30. The van der Waals surface area contributed by atoms with E-state index in [1.807, 2.05) is 7.05 Å². The molecule has 0 amide bonds. The molecule has 0 bridgehead atoms. The minimum absolute atomic E-state index is 0.251. The smallest absolute Gasteiger partial charge is 0.121 e. The maximum atomic E-state index is 6.30. The highest BCUT2D eigenvalue weighted by Crippen LogP contribution is 2.37. The van der Waals surface area contributed by atoms with E-state index in [2.05, 4.69) is 62.4 Å². The summed E-state index contributed by atoms with van der Waals surface area (Å²) in [6.45, 7) is 4.68. The van der Waals surface area contributed by atoms with Crippen LogP contribution in [0.1, 0.15) is 33.1 Å². The molecule has 112 valence electrons. The first-order valence-corrected chi connectivity index (χ1v) is 7.52. The Bertz CT molecular complexity index is 442. The average molecular weight is 276 g/mol. The van der Waals surface area contributed by atoms with Gasteiger partial charge < -0.3 is 15.0 Å². The van der Waals surface area contributed by atoms with Crippen molar-refractivity contribution in [3.05, 3.63) is 24.3 Å². The standard InChI is InChI=1S/C17H28N2O/c1-17(2)10-9-15(18-3)16(12-17)20-14-8-6-7-13(11-14)19(4)5/h6-8,11,15-16,18H,9-10,12H2,1-5H3. The normalized spacial score (nSPS) is 25.2. The molecule has 0 spiro atoms. The topological polar surface area (TPSA) is 24.5 Å². The van der Waals surface area contributed by atoms with Crippen LogP contribution in [0.3, 0.4) is 0 Å². The van der Waals surface area contributed by atoms with Crippen LogP contribution in [0.4, 0.5) is 5.69 Å². The first kappa shape index (κ1) is 15.2. The molecule has 2 unspecified atom stereocenters. The van der Waals surface area contributed by atoms with Gasteiger partial charge in [0, 0.05) is 31.9 Å². The highest BCUT2D eigenvalue weighted by atomic mass is 16.5. The molecular formula is C17H28N2O. The Kier molecular flexibility index (Phi) is 4.59. The molecule has 1 fully saturated rings. The number of benzene rings is 1. The van der Waals surface area contributed by atoms with Gasteiger partial charge >= 0.3 is 0 Å². The molecule has 3 heteroatoms. The van der Waals surface area contributed by atoms with E-state index in [0.717, 1.165) is 12.2 Å². The average Bonchev–Trinajstić information content (AvgIpc) is 2.38. The Balaban J connectivity index is 2.12. The van der Waals surface area contributed by atoms with E-state index >= 15 is 0 Å². The predicted octanol–water partition coefficient (Wildman–Crippen LogP) is 3.30. The molecule has 1 saturated carbocycles. The minimum Gasteiger partial charge on any atom is -0.489 e. The fourth-order valence-electron chi connectivity index (χ4n) is 2.98. The van der Waals surface area contributed by atoms with Gasteiger partial charge in [-0.3, -0.25) is 0 Å². The number of likely N-dealkylation sites (N-methyl/N-ethyl adjacent to an activating group) is 1. The van der Waals surface area contributed by atoms with Crippen molar-refractivity contribution in [2.24, 2.45) is 5.41 Å². The molecule has 1 N–H and O–H groups in total. The van der Waals surface area contributed by atoms with Crippen LogP contribution in [0, 0.1) is 5.41 Å². The van der Waals surface area contributed by atoms with Crippen molar-refractivity contribution >= 4 is 5.69 Å². The van der Waals surface area contributed by atoms with Crippen molar-refractivity contribution in [3.8, 4) is 5.75 Å². The van der Waals surface area contributed by atoms with Gasteiger partial charge in [-0.2, -0.15) is 0 Å². The molecule has 0 radical (unpaired) electrons. The number of ether oxygens (including phenoxy) is 1. The number of nitrogens with zero attached hydrogens (tertiary/aromatic N) is 1. The van der Waals surface area contributed by atoms with Gasteiger partial charge in [0.1, 0.15) is 11.9 Å². The Labute approximate surface area is 123 Å². The molecular weight excluding hydrogens is 248 g/mol. The van der Waals surface area contributed by atoms with Crippen molar-refractivity contribution in [1.29, 1.82) is 0 Å². The fraction of sp³-hybridized carbons (Fsp3) is 0.647. The Morgan fingerprint density at radius 2 is 2.05 bits per heavy atom. The lowest BCUT2D eigenvalue weighted by atomic mass is 9.74. The Morgan fingerprint density at radius 1 is 1.30 bits per heavy atom. The second kappa shape index (κ2) is 6.04. The van der Waals surface area contributed by atoms with E-state index in [1.165, 1.54) is 18.5 Å². The van der Waals surface area contributed by atoms with Gasteiger partial charge in [-0.05, 0) is 43.9 Å². The number of rotatable bonds is 4. The molecule has 0 aromatic heterocycles. The largest absolute Gasteiger partial charge is 0.489 e. The van der Waals surface area contributed by atoms with E-state index in [9.17, 15) is 0 Å². The zero-order valence-corrected chi connectivity index (χ0v) is 13.4. The van der Waals surface area contributed by atoms with Gasteiger partial charge in [0.2, 0.25) is 0 Å². The lowest BCUT2D eigenvalue weighted by molar-refractivity contribution is 0.0559. The first-order valence-electron chi connectivity index (χ1n) is 7.52. The molecule has 1 aromatic rings. The molecule has 1 aromatic carbocycles. The monoisotopic (exact) mass is 276 g/mol. The predicted molar refractivity (Wildman–Crippen MR) is 85.7 cm³/mol. The van der Waals surface area contributed by atoms with Crippen LogP contribution in [-0.2, 0) is 0 Å². The van der Waals surface area contributed by atoms with E-state index in [1.54, 1.807) is 0 Å². The molecule has 1 aliphatic rings. The van der Waals surface area contributed by atoms with Crippen LogP contribution in [0.5, 0.6) is 5.75 Å². The van der Waals surface area contributed by atoms with Crippen molar-refractivity contribution < 1.29 is 4.74 Å². The first-order chi connectivity index (χ1) is 9.41. The van der Waals surface area contributed by atoms with E-state index in [0.29, 0.717) is 11.5 Å². The van der Waals surface area contributed by atoms with Crippen LogP contribution >= 0.6 is 0 Å². The van der Waals surface area contributed by atoms with Gasteiger partial charge in [-0.15, -0.1) is 0 Å². The molecule has 3 nitrogen and oxygen atoms in total. The molecule has 2 rings (SSSR count). The second-order valence-electron chi connectivity index (χ2n) is 6.85. The minimum atomic E-state index is 0.251. The van der Waals surface area contributed by atoms with Gasteiger partial charge in [0.05, 0.1) is 0 Å². The lowest BCUT2D eigenvalue weighted by Gasteiger charge is -2.40. The van der Waals surface area contributed by atoms with Gasteiger partial charge in [0.15, 0.2) is 0 Å². The van der Waals surface area contributed by atoms with Crippen molar-refractivity contribution in [2.75, 3.05) is 26.0 Å². The maximum Gasteiger partial charge on any atom is 0.121 e. The quantitative estimate of drug-likeness (QED) is 0.913. The van der Waals surface area contributed by atoms with Gasteiger partial charge in [-0.25, -0.2) is 0 Å². The third-order valence-electron chi connectivity index (χ3n) is 4.33. The number of anilines is 1. The molecule has 1 aliphatic carbocycles. The summed E-state index contributed by atoms with van der Waals surface area (Å²) in [7, 11) is 6.15. The van der Waals surface area contributed by atoms with Crippen LogP contribution in [-0.4, -0.2) is 33.3 Å². The van der Waals surface area contributed by atoms with Crippen LogP contribution in [0.25, 0.3) is 0 Å². The van der Waals surface area contributed by atoms with Crippen molar-refractivity contribution in [3.63, 3.8) is 0 Å². The van der Waals surface area contributed by atoms with E-state index in [-0.39, 0.29) is 6.10 Å². The summed E-state index contributed by atoms with van der Waals surface area (Å²) in [5.41, 5.74) is 1.55. The summed E-state index contributed by atoms with van der Waals surface area (Å²) in [4.78, 5) is 2.10. The lowest BCUT2D eigenvalue weighted by Crippen LogP contribution is -2.47. The zero-order valence-electron chi connectivity index (χ0n) is 13.4. The second-order valence-corrected chi connectivity index (χ2v) is 6.85. The number of hydrogen-bond acceptors (Lipinski definition) is 3. The number of hydrogen-bond donors (Lipinski definition) is 1. The van der Waals surface area contributed by atoms with Gasteiger partial charge in [0.25, 0.3) is 0 Å². The number of nitrogens with one attached hydrogen (secondary N) is 1. The summed E-state index contributed by atoms with van der Waals surface area (Å²) in [6.07, 6.45) is 3.80. The third-order valence-corrected chi connectivity index (χ3v) is 4.33. The van der Waals surface area contributed by atoms with E-state index < -0.39 is 0 Å². The van der Waals surface area contributed by atoms with Gasteiger partial charge in [-0.1, -0.05) is 19.9 Å². The van der Waals surface area contributed by atoms with Crippen molar-refractivity contribution in [1.82, 2.24) is 5.32 Å². The molecule has 0 heterocycles. The summed E-state index contributed by atoms with van der Waals surface area (Å²) >= 11 is 0. The molecule has 0 saturated heterocycles. The molecule has 0 aliphatic heterocycles. The van der Waals surface area contributed by atoms with Crippen LogP contribution in [0.2, 0.25) is 0 Å². The highest BCUT2D eigenvalue weighted by molar-refractivity contribution is 5.49. The highest BCUT2D eigenvalue weighted by Gasteiger charge is 2.35. The fourth-order valence-corrected chi connectivity index (χ4v) is 2.98. The summed E-state index contributed by atoms with van der Waals surface area (Å²) in [5, 5.41) is 3.41. The Hall–Kier alpha value is -1.22.